The van der Waals surface area contributed by atoms with E-state index in [1.807, 2.05) is 0 Å². The third kappa shape index (κ3) is 2.12. The number of carboxylic acids is 1. The van der Waals surface area contributed by atoms with Crippen LogP contribution in [-0.2, 0) is 5.92 Å². The second-order valence-corrected chi connectivity index (χ2v) is 2.83. The molecule has 0 aromatic carbocycles. The average molecular weight is 244 g/mol. The highest BCUT2D eigenvalue weighted by Gasteiger charge is 2.49. The number of rotatable bonds is 4. The number of aromatic amines is 1. The summed E-state index contributed by atoms with van der Waals surface area (Å²) in [5.41, 5.74) is -2.12. The van der Waals surface area contributed by atoms with Gasteiger partial charge in [0.1, 0.15) is 5.69 Å². The molecular formula is C7H5F5N2O2. The number of carboxylic acid groups (broad SMARTS) is 1. The fourth-order valence-electron chi connectivity index (χ4n) is 0.909. The topological polar surface area (TPSA) is 66.0 Å². The Morgan fingerprint density at radius 3 is 2.38 bits per heavy atom. The van der Waals surface area contributed by atoms with E-state index in [4.69, 9.17) is 5.11 Å². The van der Waals surface area contributed by atoms with Gasteiger partial charge in [0, 0.05) is 6.07 Å². The van der Waals surface area contributed by atoms with Crippen molar-refractivity contribution in [3.05, 3.63) is 17.5 Å². The van der Waals surface area contributed by atoms with Gasteiger partial charge in [0.15, 0.2) is 5.69 Å². The molecule has 1 aromatic rings. The van der Waals surface area contributed by atoms with Gasteiger partial charge in [-0.3, -0.25) is 5.10 Å². The first-order chi connectivity index (χ1) is 7.26. The van der Waals surface area contributed by atoms with Gasteiger partial charge >= 0.3 is 11.9 Å². The molecule has 1 unspecified atom stereocenters. The first-order valence-corrected chi connectivity index (χ1v) is 3.86. The maximum atomic E-state index is 13.0. The molecule has 1 atom stereocenters. The normalized spacial score (nSPS) is 14.1. The van der Waals surface area contributed by atoms with Gasteiger partial charge in [-0.1, -0.05) is 0 Å². The Labute approximate surface area is 85.1 Å². The molecule has 0 radical (unpaired) electrons. The van der Waals surface area contributed by atoms with Crippen LogP contribution in [0, 0.1) is 0 Å². The number of hydrogen-bond donors (Lipinski definition) is 2. The molecule has 0 bridgehead atoms. The van der Waals surface area contributed by atoms with Crippen molar-refractivity contribution in [1.29, 1.82) is 0 Å². The maximum absolute atomic E-state index is 13.0. The monoisotopic (exact) mass is 244 g/mol. The first kappa shape index (κ1) is 12.4. The smallest absolute Gasteiger partial charge is 0.356 e. The fraction of sp³-hybridized carbons (Fsp3) is 0.429. The molecule has 0 aliphatic rings. The Hall–Kier alpha value is -1.67. The van der Waals surface area contributed by atoms with Gasteiger partial charge < -0.3 is 5.11 Å². The maximum Gasteiger partial charge on any atom is 0.356 e. The zero-order chi connectivity index (χ0) is 12.5. The zero-order valence-electron chi connectivity index (χ0n) is 7.42. The Bertz CT molecular complexity index is 392. The van der Waals surface area contributed by atoms with Crippen LogP contribution in [0.15, 0.2) is 6.07 Å². The average Bonchev–Trinajstić information content (AvgIpc) is 2.65. The van der Waals surface area contributed by atoms with Gasteiger partial charge in [-0.25, -0.2) is 18.0 Å². The summed E-state index contributed by atoms with van der Waals surface area (Å²) in [5, 5.41) is 12.8. The van der Waals surface area contributed by atoms with Crippen LogP contribution >= 0.6 is 0 Å². The molecule has 9 heteroatoms. The van der Waals surface area contributed by atoms with E-state index >= 15 is 0 Å². The Kier molecular flexibility index (Phi) is 3.15. The molecule has 4 nitrogen and oxygen atoms in total. The van der Waals surface area contributed by atoms with Crippen LogP contribution in [0.25, 0.3) is 0 Å². The van der Waals surface area contributed by atoms with Crippen LogP contribution in [-0.4, -0.2) is 33.9 Å². The van der Waals surface area contributed by atoms with Gasteiger partial charge in [-0.15, -0.1) is 0 Å². The SMILES string of the molecule is O=C(O)c1cc(C(F)(F)C(F)C(F)F)[nH]n1. The van der Waals surface area contributed by atoms with Gasteiger partial charge in [0.05, 0.1) is 0 Å². The summed E-state index contributed by atoms with van der Waals surface area (Å²) in [6, 6.07) is 0.303. The van der Waals surface area contributed by atoms with E-state index in [0.29, 0.717) is 6.07 Å². The molecule has 16 heavy (non-hydrogen) atoms. The number of nitrogens with one attached hydrogen (secondary N) is 1. The molecule has 1 rings (SSSR count). The first-order valence-electron chi connectivity index (χ1n) is 3.86. The summed E-state index contributed by atoms with van der Waals surface area (Å²) in [7, 11) is 0. The van der Waals surface area contributed by atoms with E-state index in [0.717, 1.165) is 0 Å². The second kappa shape index (κ2) is 4.06. The molecule has 90 valence electrons. The van der Waals surface area contributed by atoms with Crippen molar-refractivity contribution >= 4 is 5.97 Å². The number of H-pyrrole nitrogens is 1. The lowest BCUT2D eigenvalue weighted by Crippen LogP contribution is -2.33. The van der Waals surface area contributed by atoms with E-state index in [9.17, 15) is 26.7 Å². The minimum absolute atomic E-state index is 0.303. The van der Waals surface area contributed by atoms with Gasteiger partial charge in [-0.2, -0.15) is 13.9 Å². The highest BCUT2D eigenvalue weighted by Crippen LogP contribution is 2.35. The van der Waals surface area contributed by atoms with Crippen LogP contribution in [0.3, 0.4) is 0 Å². The third-order valence-electron chi connectivity index (χ3n) is 1.72. The molecular weight excluding hydrogens is 239 g/mol. The summed E-state index contributed by atoms with van der Waals surface area (Å²) in [6.45, 7) is 0. The summed E-state index contributed by atoms with van der Waals surface area (Å²) >= 11 is 0. The van der Waals surface area contributed by atoms with Crippen molar-refractivity contribution < 1.29 is 31.9 Å². The number of carbonyl (C=O) groups is 1. The molecule has 0 aliphatic heterocycles. The fourth-order valence-corrected chi connectivity index (χ4v) is 0.909. The number of alkyl halides is 5. The highest BCUT2D eigenvalue weighted by molar-refractivity contribution is 5.85. The third-order valence-corrected chi connectivity index (χ3v) is 1.72. The lowest BCUT2D eigenvalue weighted by Gasteiger charge is -2.17. The molecule has 1 heterocycles. The van der Waals surface area contributed by atoms with Crippen LogP contribution in [0.4, 0.5) is 22.0 Å². The Morgan fingerprint density at radius 1 is 1.44 bits per heavy atom. The lowest BCUT2D eigenvalue weighted by atomic mass is 10.1. The van der Waals surface area contributed by atoms with Crippen molar-refractivity contribution in [3.63, 3.8) is 0 Å². The molecule has 0 fully saturated rings. The van der Waals surface area contributed by atoms with Crippen molar-refractivity contribution in [2.45, 2.75) is 18.5 Å². The van der Waals surface area contributed by atoms with E-state index in [1.54, 1.807) is 0 Å². The minimum Gasteiger partial charge on any atom is -0.476 e. The molecule has 2 N–H and O–H groups in total. The van der Waals surface area contributed by atoms with E-state index in [-0.39, 0.29) is 0 Å². The lowest BCUT2D eigenvalue weighted by molar-refractivity contribution is -0.135. The van der Waals surface area contributed by atoms with Crippen molar-refractivity contribution in [2.75, 3.05) is 0 Å². The number of nitrogens with zero attached hydrogens (tertiary/aromatic N) is 1. The summed E-state index contributed by atoms with van der Waals surface area (Å²) < 4.78 is 62.0. The molecule has 0 amide bonds. The summed E-state index contributed by atoms with van der Waals surface area (Å²) in [4.78, 5) is 10.3. The predicted octanol–water partition coefficient (Wildman–Crippen LogP) is 1.80. The standard InChI is InChI=1S/C7H5F5N2O2/c8-4(5(9)10)7(11,12)3-1-2(6(15)16)13-14-3/h1,4-5H,(H,13,14)(H,15,16). The van der Waals surface area contributed by atoms with Crippen molar-refractivity contribution in [2.24, 2.45) is 0 Å². The van der Waals surface area contributed by atoms with Crippen LogP contribution in [0.5, 0.6) is 0 Å². The van der Waals surface area contributed by atoms with E-state index in [1.165, 1.54) is 5.10 Å². The van der Waals surface area contributed by atoms with Gasteiger partial charge in [0.25, 0.3) is 6.43 Å². The molecule has 0 saturated heterocycles. The van der Waals surface area contributed by atoms with Crippen LogP contribution in [0.2, 0.25) is 0 Å². The van der Waals surface area contributed by atoms with E-state index in [2.05, 4.69) is 5.10 Å². The van der Waals surface area contributed by atoms with Gasteiger partial charge in [-0.05, 0) is 0 Å². The highest BCUT2D eigenvalue weighted by atomic mass is 19.3. The minimum atomic E-state index is -4.52. The zero-order valence-corrected chi connectivity index (χ0v) is 7.42. The van der Waals surface area contributed by atoms with Gasteiger partial charge in [0.2, 0.25) is 6.17 Å². The molecule has 1 aromatic heterocycles. The van der Waals surface area contributed by atoms with Crippen molar-refractivity contribution in [3.8, 4) is 0 Å². The summed E-state index contributed by atoms with van der Waals surface area (Å²) in [6.07, 6.45) is -7.61. The second-order valence-electron chi connectivity index (χ2n) is 2.83. The van der Waals surface area contributed by atoms with Crippen LogP contribution < -0.4 is 0 Å². The number of aromatic carboxylic acids is 1. The largest absolute Gasteiger partial charge is 0.476 e. The van der Waals surface area contributed by atoms with Crippen molar-refractivity contribution in [1.82, 2.24) is 10.2 Å². The number of aromatic nitrogens is 2. The Balaban J connectivity index is 3.02. The van der Waals surface area contributed by atoms with Crippen LogP contribution in [0.1, 0.15) is 16.2 Å². The predicted molar refractivity (Wildman–Crippen MR) is 40.3 cm³/mol. The quantitative estimate of drug-likeness (QED) is 0.793. The van der Waals surface area contributed by atoms with E-state index < -0.39 is 35.9 Å². The molecule has 0 aliphatic carbocycles. The summed E-state index contributed by atoms with van der Waals surface area (Å²) in [5.74, 6) is -6.15. The molecule has 0 saturated carbocycles. The Morgan fingerprint density at radius 2 is 2.00 bits per heavy atom. The number of halogens is 5. The molecule has 0 spiro atoms. The number of hydrogen-bond acceptors (Lipinski definition) is 2.